The van der Waals surface area contributed by atoms with E-state index in [9.17, 15) is 0 Å². The minimum Gasteiger partial charge on any atom is -0.356 e. The first kappa shape index (κ1) is 16.8. The predicted octanol–water partition coefficient (Wildman–Crippen LogP) is 2.75. The standard InChI is InChI=1S/C17H31N5/c1-4-8-17(2)9-5-12-21(15-17)16(18-3)19-10-6-13-22-14-7-11-20-22/h7,11,14H,4-6,8-10,12-13,15H2,1-3H3,(H,18,19). The predicted molar refractivity (Wildman–Crippen MR) is 92.0 cm³/mol. The van der Waals surface area contributed by atoms with Gasteiger partial charge in [0.25, 0.3) is 0 Å². The number of piperidine rings is 1. The first-order valence-corrected chi connectivity index (χ1v) is 8.60. The Balaban J connectivity index is 1.78. The molecule has 1 unspecified atom stereocenters. The maximum Gasteiger partial charge on any atom is 0.193 e. The van der Waals surface area contributed by atoms with Crippen LogP contribution in [0.1, 0.15) is 46.0 Å². The lowest BCUT2D eigenvalue weighted by atomic mass is 9.78. The Morgan fingerprint density at radius 2 is 2.32 bits per heavy atom. The van der Waals surface area contributed by atoms with Gasteiger partial charge in [-0.3, -0.25) is 9.67 Å². The third-order valence-electron chi connectivity index (χ3n) is 4.55. The van der Waals surface area contributed by atoms with Gasteiger partial charge < -0.3 is 10.2 Å². The van der Waals surface area contributed by atoms with Crippen LogP contribution in [-0.4, -0.2) is 47.3 Å². The summed E-state index contributed by atoms with van der Waals surface area (Å²) in [5, 5.41) is 7.75. The lowest BCUT2D eigenvalue weighted by Gasteiger charge is -2.42. The third kappa shape index (κ3) is 4.75. The van der Waals surface area contributed by atoms with E-state index in [1.54, 1.807) is 0 Å². The first-order chi connectivity index (χ1) is 10.7. The fourth-order valence-corrected chi connectivity index (χ4v) is 3.51. The number of aromatic nitrogens is 2. The van der Waals surface area contributed by atoms with Gasteiger partial charge in [-0.15, -0.1) is 0 Å². The van der Waals surface area contributed by atoms with Gasteiger partial charge in [-0.25, -0.2) is 0 Å². The number of hydrogen-bond acceptors (Lipinski definition) is 2. The van der Waals surface area contributed by atoms with E-state index < -0.39 is 0 Å². The monoisotopic (exact) mass is 305 g/mol. The summed E-state index contributed by atoms with van der Waals surface area (Å²) in [5.74, 6) is 1.06. The van der Waals surface area contributed by atoms with Gasteiger partial charge in [0.05, 0.1) is 0 Å². The van der Waals surface area contributed by atoms with Crippen LogP contribution in [0, 0.1) is 5.41 Å². The zero-order valence-corrected chi connectivity index (χ0v) is 14.4. The number of likely N-dealkylation sites (tertiary alicyclic amines) is 1. The molecule has 0 amide bonds. The Bertz CT molecular complexity index is 450. The Morgan fingerprint density at radius 3 is 3.00 bits per heavy atom. The van der Waals surface area contributed by atoms with Crippen molar-refractivity contribution in [2.75, 3.05) is 26.7 Å². The molecule has 2 heterocycles. The van der Waals surface area contributed by atoms with Crippen LogP contribution in [0.5, 0.6) is 0 Å². The molecule has 1 N–H and O–H groups in total. The zero-order valence-electron chi connectivity index (χ0n) is 14.4. The second-order valence-corrected chi connectivity index (χ2v) is 6.68. The van der Waals surface area contributed by atoms with Gasteiger partial charge in [0.15, 0.2) is 5.96 Å². The number of guanidine groups is 1. The van der Waals surface area contributed by atoms with E-state index in [4.69, 9.17) is 0 Å². The van der Waals surface area contributed by atoms with Gasteiger partial charge in [-0.05, 0) is 37.2 Å². The molecule has 0 aliphatic carbocycles. The molecular weight excluding hydrogens is 274 g/mol. The van der Waals surface area contributed by atoms with Crippen molar-refractivity contribution in [3.8, 4) is 0 Å². The third-order valence-corrected chi connectivity index (χ3v) is 4.55. The average molecular weight is 305 g/mol. The minimum atomic E-state index is 0.444. The van der Waals surface area contributed by atoms with Crippen molar-refractivity contribution in [3.63, 3.8) is 0 Å². The number of nitrogens with one attached hydrogen (secondary N) is 1. The molecule has 0 aromatic carbocycles. The van der Waals surface area contributed by atoms with Gasteiger partial charge in [-0.2, -0.15) is 5.10 Å². The Kier molecular flexibility index (Phi) is 6.28. The largest absolute Gasteiger partial charge is 0.356 e. The summed E-state index contributed by atoms with van der Waals surface area (Å²) in [6, 6.07) is 1.97. The second-order valence-electron chi connectivity index (χ2n) is 6.68. The maximum absolute atomic E-state index is 4.48. The molecule has 124 valence electrons. The van der Waals surface area contributed by atoms with Crippen LogP contribution < -0.4 is 5.32 Å². The smallest absolute Gasteiger partial charge is 0.193 e. The molecule has 1 aromatic heterocycles. The van der Waals surface area contributed by atoms with Gasteiger partial charge in [0, 0.05) is 45.6 Å². The van der Waals surface area contributed by atoms with E-state index in [0.717, 1.165) is 38.6 Å². The summed E-state index contributed by atoms with van der Waals surface area (Å²) < 4.78 is 1.98. The fourth-order valence-electron chi connectivity index (χ4n) is 3.51. The molecule has 1 atom stereocenters. The molecule has 1 fully saturated rings. The zero-order chi connectivity index (χ0) is 15.8. The molecule has 1 aromatic rings. The molecule has 5 heteroatoms. The molecule has 22 heavy (non-hydrogen) atoms. The number of hydrogen-bond donors (Lipinski definition) is 1. The van der Waals surface area contributed by atoms with Gasteiger partial charge in [0.1, 0.15) is 0 Å². The molecule has 0 spiro atoms. The van der Waals surface area contributed by atoms with E-state index in [1.165, 1.54) is 25.7 Å². The number of aryl methyl sites for hydroxylation is 1. The number of nitrogens with zero attached hydrogens (tertiary/aromatic N) is 4. The highest BCUT2D eigenvalue weighted by Gasteiger charge is 2.31. The summed E-state index contributed by atoms with van der Waals surface area (Å²) >= 11 is 0. The Hall–Kier alpha value is -1.52. The van der Waals surface area contributed by atoms with Gasteiger partial charge >= 0.3 is 0 Å². The SMILES string of the molecule is CCCC1(C)CCCN(C(=NC)NCCCn2cccn2)C1. The molecule has 5 nitrogen and oxygen atoms in total. The van der Waals surface area contributed by atoms with E-state index in [0.29, 0.717) is 5.41 Å². The van der Waals surface area contributed by atoms with Crippen molar-refractivity contribution in [2.24, 2.45) is 10.4 Å². The van der Waals surface area contributed by atoms with Crippen LogP contribution in [-0.2, 0) is 6.54 Å². The van der Waals surface area contributed by atoms with E-state index in [2.05, 4.69) is 34.2 Å². The van der Waals surface area contributed by atoms with Crippen LogP contribution in [0.25, 0.3) is 0 Å². The van der Waals surface area contributed by atoms with Gasteiger partial charge in [-0.1, -0.05) is 20.3 Å². The van der Waals surface area contributed by atoms with Crippen LogP contribution >= 0.6 is 0 Å². The van der Waals surface area contributed by atoms with Crippen LogP contribution in [0.15, 0.2) is 23.5 Å². The lowest BCUT2D eigenvalue weighted by Crippen LogP contribution is -2.50. The van der Waals surface area contributed by atoms with Crippen LogP contribution in [0.3, 0.4) is 0 Å². The maximum atomic E-state index is 4.48. The van der Waals surface area contributed by atoms with Crippen molar-refractivity contribution in [2.45, 2.75) is 52.5 Å². The minimum absolute atomic E-state index is 0.444. The molecule has 0 bridgehead atoms. The van der Waals surface area contributed by atoms with E-state index in [1.807, 2.05) is 30.2 Å². The molecule has 1 aliphatic heterocycles. The molecule has 0 saturated carbocycles. The Morgan fingerprint density at radius 1 is 1.45 bits per heavy atom. The van der Waals surface area contributed by atoms with Crippen molar-refractivity contribution < 1.29 is 0 Å². The molecule has 0 radical (unpaired) electrons. The van der Waals surface area contributed by atoms with Crippen LogP contribution in [0.2, 0.25) is 0 Å². The van der Waals surface area contributed by atoms with Crippen molar-refractivity contribution in [1.82, 2.24) is 20.0 Å². The highest BCUT2D eigenvalue weighted by atomic mass is 15.3. The topological polar surface area (TPSA) is 45.5 Å². The number of rotatable bonds is 6. The highest BCUT2D eigenvalue weighted by molar-refractivity contribution is 5.80. The fraction of sp³-hybridized carbons (Fsp3) is 0.765. The van der Waals surface area contributed by atoms with E-state index in [-0.39, 0.29) is 0 Å². The molecule has 1 aliphatic rings. The summed E-state index contributed by atoms with van der Waals surface area (Å²) in [5.41, 5.74) is 0.444. The van der Waals surface area contributed by atoms with Crippen molar-refractivity contribution >= 4 is 5.96 Å². The summed E-state index contributed by atoms with van der Waals surface area (Å²) in [6.45, 7) is 8.84. The second kappa shape index (κ2) is 8.20. The summed E-state index contributed by atoms with van der Waals surface area (Å²) in [4.78, 5) is 6.92. The Labute approximate surface area is 134 Å². The summed E-state index contributed by atoms with van der Waals surface area (Å²) in [7, 11) is 1.89. The quantitative estimate of drug-likeness (QED) is 0.499. The number of aliphatic imine (C=N–C) groups is 1. The summed E-state index contributed by atoms with van der Waals surface area (Å²) in [6.07, 6.45) is 10.1. The highest BCUT2D eigenvalue weighted by Crippen LogP contribution is 2.33. The first-order valence-electron chi connectivity index (χ1n) is 8.60. The molecule has 1 saturated heterocycles. The van der Waals surface area contributed by atoms with Crippen LogP contribution in [0.4, 0.5) is 0 Å². The van der Waals surface area contributed by atoms with Gasteiger partial charge in [0.2, 0.25) is 0 Å². The average Bonchev–Trinajstić information content (AvgIpc) is 3.00. The molecule has 2 rings (SSSR count). The van der Waals surface area contributed by atoms with Crippen molar-refractivity contribution in [3.05, 3.63) is 18.5 Å². The normalized spacial score (nSPS) is 22.9. The van der Waals surface area contributed by atoms with E-state index >= 15 is 0 Å². The molecular formula is C17H31N5. The van der Waals surface area contributed by atoms with Crippen molar-refractivity contribution in [1.29, 1.82) is 0 Å². The lowest BCUT2D eigenvalue weighted by molar-refractivity contribution is 0.142.